The van der Waals surface area contributed by atoms with E-state index in [2.05, 4.69) is 0 Å². The van der Waals surface area contributed by atoms with E-state index in [0.717, 1.165) is 5.39 Å². The van der Waals surface area contributed by atoms with E-state index in [4.69, 9.17) is 5.11 Å². The summed E-state index contributed by atoms with van der Waals surface area (Å²) in [6.07, 6.45) is 0. The van der Waals surface area contributed by atoms with Crippen LogP contribution in [-0.4, -0.2) is 22.0 Å². The van der Waals surface area contributed by atoms with Gasteiger partial charge in [-0.2, -0.15) is 0 Å². The molecule has 2 aromatic carbocycles. The summed E-state index contributed by atoms with van der Waals surface area (Å²) in [7, 11) is 0. The molecule has 4 nitrogen and oxygen atoms in total. The van der Waals surface area contributed by atoms with E-state index >= 15 is 0 Å². The molecule has 16 heavy (non-hydrogen) atoms. The molecule has 0 aromatic heterocycles. The highest BCUT2D eigenvalue weighted by atomic mass is 16.4. The molecule has 2 aromatic rings. The molecule has 0 aliphatic heterocycles. The van der Waals surface area contributed by atoms with Crippen molar-refractivity contribution < 1.29 is 19.8 Å². The molecule has 0 spiro atoms. The van der Waals surface area contributed by atoms with Gasteiger partial charge in [0.25, 0.3) is 5.78 Å². The van der Waals surface area contributed by atoms with Crippen molar-refractivity contribution in [3.8, 4) is 5.75 Å². The van der Waals surface area contributed by atoms with E-state index in [0.29, 0.717) is 5.39 Å². The van der Waals surface area contributed by atoms with Gasteiger partial charge in [-0.3, -0.25) is 4.79 Å². The molecule has 0 radical (unpaired) electrons. The molecule has 80 valence electrons. The number of carboxylic acids is 1. The Morgan fingerprint density at radius 1 is 1.00 bits per heavy atom. The second kappa shape index (κ2) is 3.66. The lowest BCUT2D eigenvalue weighted by Gasteiger charge is -2.04. The minimum atomic E-state index is -1.58. The molecule has 0 amide bonds. The van der Waals surface area contributed by atoms with Gasteiger partial charge < -0.3 is 10.2 Å². The second-order valence-corrected chi connectivity index (χ2v) is 3.32. The fourth-order valence-electron chi connectivity index (χ4n) is 1.55. The number of hydrogen-bond acceptors (Lipinski definition) is 3. The van der Waals surface area contributed by atoms with Gasteiger partial charge >= 0.3 is 5.97 Å². The van der Waals surface area contributed by atoms with Crippen molar-refractivity contribution in [3.63, 3.8) is 0 Å². The van der Waals surface area contributed by atoms with Crippen LogP contribution in [0.2, 0.25) is 0 Å². The Morgan fingerprint density at radius 3 is 2.38 bits per heavy atom. The summed E-state index contributed by atoms with van der Waals surface area (Å²) >= 11 is 0. The molecule has 0 heterocycles. The average Bonchev–Trinajstić information content (AvgIpc) is 2.29. The largest absolute Gasteiger partial charge is 0.507 e. The van der Waals surface area contributed by atoms with Crippen molar-refractivity contribution in [1.29, 1.82) is 0 Å². The van der Waals surface area contributed by atoms with Crippen LogP contribution in [0.15, 0.2) is 36.4 Å². The zero-order chi connectivity index (χ0) is 11.7. The smallest absolute Gasteiger partial charge is 0.377 e. The minimum Gasteiger partial charge on any atom is -0.507 e. The Morgan fingerprint density at radius 2 is 1.69 bits per heavy atom. The van der Waals surface area contributed by atoms with Gasteiger partial charge in [0.1, 0.15) is 5.75 Å². The van der Waals surface area contributed by atoms with Gasteiger partial charge in [-0.1, -0.05) is 30.3 Å². The number of phenols is 1. The maximum Gasteiger partial charge on any atom is 0.377 e. The molecule has 0 aliphatic rings. The predicted molar refractivity (Wildman–Crippen MR) is 57.6 cm³/mol. The number of carbonyl (C=O) groups excluding carboxylic acids is 1. The van der Waals surface area contributed by atoms with Crippen LogP contribution in [0.5, 0.6) is 5.75 Å². The Hall–Kier alpha value is -2.36. The van der Waals surface area contributed by atoms with Gasteiger partial charge in [-0.25, -0.2) is 4.79 Å². The van der Waals surface area contributed by atoms with Crippen LogP contribution in [0.25, 0.3) is 10.8 Å². The summed E-state index contributed by atoms with van der Waals surface area (Å²) < 4.78 is 0. The molecule has 0 aliphatic carbocycles. The van der Waals surface area contributed by atoms with Crippen LogP contribution in [0.4, 0.5) is 0 Å². The second-order valence-electron chi connectivity index (χ2n) is 3.32. The first-order valence-corrected chi connectivity index (χ1v) is 4.59. The molecule has 0 atom stereocenters. The number of benzene rings is 2. The van der Waals surface area contributed by atoms with E-state index in [1.54, 1.807) is 30.3 Å². The first-order valence-electron chi connectivity index (χ1n) is 4.59. The lowest BCUT2D eigenvalue weighted by molar-refractivity contribution is -0.131. The van der Waals surface area contributed by atoms with Crippen LogP contribution < -0.4 is 0 Å². The summed E-state index contributed by atoms with van der Waals surface area (Å²) in [6, 6.07) is 9.81. The van der Waals surface area contributed by atoms with E-state index in [9.17, 15) is 14.7 Å². The first kappa shape index (κ1) is 10.2. The molecule has 0 saturated heterocycles. The Balaban J connectivity index is 2.70. The lowest BCUT2D eigenvalue weighted by Crippen LogP contribution is -2.12. The van der Waals surface area contributed by atoms with Crippen molar-refractivity contribution in [1.82, 2.24) is 0 Å². The number of carbonyl (C=O) groups is 2. The molecule has 0 unspecified atom stereocenters. The van der Waals surface area contributed by atoms with Gasteiger partial charge in [-0.05, 0) is 11.5 Å². The topological polar surface area (TPSA) is 74.6 Å². The number of aromatic hydroxyl groups is 1. The van der Waals surface area contributed by atoms with E-state index in [-0.39, 0.29) is 11.3 Å². The highest BCUT2D eigenvalue weighted by Crippen LogP contribution is 2.28. The highest BCUT2D eigenvalue weighted by molar-refractivity contribution is 6.41. The summed E-state index contributed by atoms with van der Waals surface area (Å²) in [5.74, 6) is -2.97. The van der Waals surface area contributed by atoms with Crippen LogP contribution >= 0.6 is 0 Å². The van der Waals surface area contributed by atoms with Crippen molar-refractivity contribution in [2.45, 2.75) is 0 Å². The standard InChI is InChI=1S/C12H8O4/c13-10-8-4-2-1-3-7(8)5-6-9(10)11(14)12(15)16/h1-6,13H,(H,15,16). The first-order chi connectivity index (χ1) is 7.61. The van der Waals surface area contributed by atoms with Crippen molar-refractivity contribution in [3.05, 3.63) is 42.0 Å². The summed E-state index contributed by atoms with van der Waals surface area (Å²) in [5, 5.41) is 19.6. The average molecular weight is 216 g/mol. The summed E-state index contributed by atoms with van der Waals surface area (Å²) in [5.41, 5.74) is -0.189. The molecular weight excluding hydrogens is 208 g/mol. The number of carboxylic acid groups (broad SMARTS) is 1. The minimum absolute atomic E-state index is 0.189. The predicted octanol–water partition coefficient (Wildman–Crippen LogP) is 1.81. The molecule has 0 saturated carbocycles. The number of aliphatic carboxylic acids is 1. The fourth-order valence-corrected chi connectivity index (χ4v) is 1.55. The molecule has 0 bridgehead atoms. The number of hydrogen-bond donors (Lipinski definition) is 2. The summed E-state index contributed by atoms with van der Waals surface area (Å²) in [6.45, 7) is 0. The van der Waals surface area contributed by atoms with Gasteiger partial charge in [-0.15, -0.1) is 0 Å². The maximum atomic E-state index is 11.2. The Labute approximate surface area is 90.8 Å². The molecule has 0 fully saturated rings. The third-order valence-corrected chi connectivity index (χ3v) is 2.34. The summed E-state index contributed by atoms with van der Waals surface area (Å²) in [4.78, 5) is 21.8. The van der Waals surface area contributed by atoms with Crippen molar-refractivity contribution >= 4 is 22.5 Å². The number of fused-ring (bicyclic) bond motifs is 1. The molecule has 2 rings (SSSR count). The number of rotatable bonds is 2. The fraction of sp³-hybridized carbons (Fsp3) is 0. The van der Waals surface area contributed by atoms with Crippen molar-refractivity contribution in [2.75, 3.05) is 0 Å². The highest BCUT2D eigenvalue weighted by Gasteiger charge is 2.19. The quantitative estimate of drug-likeness (QED) is 0.593. The molecular formula is C12H8O4. The van der Waals surface area contributed by atoms with E-state index in [1.165, 1.54) is 6.07 Å². The van der Waals surface area contributed by atoms with Crippen molar-refractivity contribution in [2.24, 2.45) is 0 Å². The Kier molecular flexibility index (Phi) is 2.32. The van der Waals surface area contributed by atoms with Gasteiger partial charge in [0, 0.05) is 5.39 Å². The van der Waals surface area contributed by atoms with Crippen LogP contribution in [0.1, 0.15) is 10.4 Å². The maximum absolute atomic E-state index is 11.2. The van der Waals surface area contributed by atoms with Crippen LogP contribution in [0.3, 0.4) is 0 Å². The van der Waals surface area contributed by atoms with Gasteiger partial charge in [0.05, 0.1) is 5.56 Å². The lowest BCUT2D eigenvalue weighted by atomic mass is 10.0. The van der Waals surface area contributed by atoms with E-state index < -0.39 is 11.8 Å². The number of Topliss-reactive ketones (excluding diaryl/α,β-unsaturated/α-hetero) is 1. The third kappa shape index (κ3) is 1.50. The SMILES string of the molecule is O=C(O)C(=O)c1ccc2ccccc2c1O. The van der Waals surface area contributed by atoms with Gasteiger partial charge in [0.2, 0.25) is 0 Å². The third-order valence-electron chi connectivity index (χ3n) is 2.34. The molecule has 4 heteroatoms. The van der Waals surface area contributed by atoms with Crippen LogP contribution in [0, 0.1) is 0 Å². The number of phenolic OH excluding ortho intramolecular Hbond substituents is 1. The normalized spacial score (nSPS) is 10.2. The Bertz CT molecular complexity index is 587. The zero-order valence-corrected chi connectivity index (χ0v) is 8.18. The van der Waals surface area contributed by atoms with Crippen LogP contribution in [-0.2, 0) is 4.79 Å². The molecule has 2 N–H and O–H groups in total. The monoisotopic (exact) mass is 216 g/mol. The zero-order valence-electron chi connectivity index (χ0n) is 8.18. The van der Waals surface area contributed by atoms with E-state index in [1.807, 2.05) is 0 Å². The number of ketones is 1. The van der Waals surface area contributed by atoms with Gasteiger partial charge in [0.15, 0.2) is 0 Å².